The number of aliphatic carboxylic acids is 1. The molecule has 0 bridgehead atoms. The summed E-state index contributed by atoms with van der Waals surface area (Å²) in [7, 11) is -3.81. The zero-order valence-corrected chi connectivity index (χ0v) is 13.6. The van der Waals surface area contributed by atoms with E-state index in [1.54, 1.807) is 12.1 Å². The average Bonchev–Trinajstić information content (AvgIpc) is 2.45. The number of thioether (sulfide) groups is 1. The van der Waals surface area contributed by atoms with Crippen molar-refractivity contribution in [2.75, 3.05) is 12.3 Å². The van der Waals surface area contributed by atoms with Gasteiger partial charge in [0, 0.05) is 12.7 Å². The number of benzene rings is 1. The van der Waals surface area contributed by atoms with Crippen LogP contribution in [0.3, 0.4) is 0 Å². The van der Waals surface area contributed by atoms with Gasteiger partial charge in [-0.05, 0) is 24.1 Å². The smallest absolute Gasteiger partial charge is 0.318 e. The van der Waals surface area contributed by atoms with Gasteiger partial charge in [0.25, 0.3) is 0 Å². The predicted octanol–water partition coefficient (Wildman–Crippen LogP) is 1.73. The van der Waals surface area contributed by atoms with Crippen LogP contribution in [0.15, 0.2) is 35.2 Å². The number of sulfonamides is 1. The van der Waals surface area contributed by atoms with Gasteiger partial charge < -0.3 is 5.11 Å². The number of hydrogen-bond acceptors (Lipinski definition) is 5. The third kappa shape index (κ3) is 6.88. The second kappa shape index (κ2) is 8.72. The number of rotatable bonds is 8. The van der Waals surface area contributed by atoms with E-state index in [0.717, 1.165) is 12.0 Å². The summed E-state index contributed by atoms with van der Waals surface area (Å²) in [6, 6.07) is 6.08. The Hall–Kier alpha value is -1.64. The summed E-state index contributed by atoms with van der Waals surface area (Å²) in [5, 5.41) is 8.56. The number of allylic oxidation sites excluding steroid dienone is 1. The van der Waals surface area contributed by atoms with Crippen LogP contribution in [0.2, 0.25) is 0 Å². The number of carboxylic acids is 1. The van der Waals surface area contributed by atoms with E-state index in [1.807, 2.05) is 16.9 Å². The van der Waals surface area contributed by atoms with Crippen LogP contribution < -0.4 is 4.72 Å². The van der Waals surface area contributed by atoms with Crippen LogP contribution in [0.4, 0.5) is 0 Å². The van der Waals surface area contributed by atoms with Crippen molar-refractivity contribution in [3.8, 4) is 0 Å². The molecule has 1 aromatic carbocycles. The van der Waals surface area contributed by atoms with E-state index in [2.05, 4.69) is 0 Å². The minimum absolute atomic E-state index is 0.0121. The van der Waals surface area contributed by atoms with Gasteiger partial charge in [-0.1, -0.05) is 36.0 Å². The summed E-state index contributed by atoms with van der Waals surface area (Å²) in [5.41, 5.74) is 0.824. The minimum Gasteiger partial charge on any atom is -0.480 e. The lowest BCUT2D eigenvalue weighted by molar-refractivity contribution is -0.135. The second-order valence-electron chi connectivity index (χ2n) is 4.32. The van der Waals surface area contributed by atoms with Crippen molar-refractivity contribution < 1.29 is 23.1 Å². The fourth-order valence-electron chi connectivity index (χ4n) is 1.49. The maximum Gasteiger partial charge on any atom is 0.318 e. The van der Waals surface area contributed by atoms with Crippen molar-refractivity contribution in [1.82, 2.24) is 4.72 Å². The molecule has 0 radical (unpaired) electrons. The van der Waals surface area contributed by atoms with Crippen LogP contribution in [0.5, 0.6) is 0 Å². The third-order valence-corrected chi connectivity index (χ3v) is 4.77. The molecule has 0 heterocycles. The zero-order chi connectivity index (χ0) is 16.6. The Morgan fingerprint density at radius 3 is 2.45 bits per heavy atom. The molecule has 0 amide bonds. The van der Waals surface area contributed by atoms with Crippen LogP contribution >= 0.6 is 11.8 Å². The molecule has 2 N–H and O–H groups in total. The van der Waals surface area contributed by atoms with Crippen LogP contribution in [0, 0.1) is 0 Å². The second-order valence-corrected chi connectivity index (χ2v) is 7.36. The van der Waals surface area contributed by atoms with Crippen molar-refractivity contribution in [2.24, 2.45) is 0 Å². The van der Waals surface area contributed by atoms with E-state index >= 15 is 0 Å². The lowest BCUT2D eigenvalue weighted by atomic mass is 10.2. The quantitative estimate of drug-likeness (QED) is 0.697. The highest BCUT2D eigenvalue weighted by atomic mass is 32.2. The number of carbonyl (C=O) groups excluding carboxylic acids is 1. The largest absolute Gasteiger partial charge is 0.480 e. The highest BCUT2D eigenvalue weighted by Crippen LogP contribution is 2.12. The first-order valence-corrected chi connectivity index (χ1v) is 8.89. The monoisotopic (exact) mass is 343 g/mol. The molecule has 0 saturated carbocycles. The molecule has 1 aromatic rings. The Bertz CT molecular complexity index is 650. The Balaban J connectivity index is 2.60. The molecule has 0 fully saturated rings. The predicted molar refractivity (Wildman–Crippen MR) is 86.1 cm³/mol. The van der Waals surface area contributed by atoms with Gasteiger partial charge in [0.1, 0.15) is 6.54 Å². The van der Waals surface area contributed by atoms with Crippen LogP contribution in [-0.4, -0.2) is 36.9 Å². The average molecular weight is 343 g/mol. The molecule has 0 aliphatic carbocycles. The summed E-state index contributed by atoms with van der Waals surface area (Å²) in [6.45, 7) is 0.865. The topological polar surface area (TPSA) is 101 Å². The number of nitrogens with one attached hydrogen (secondary N) is 1. The normalized spacial score (nSPS) is 11.7. The lowest BCUT2D eigenvalue weighted by Gasteiger charge is -2.04. The van der Waals surface area contributed by atoms with Crippen molar-refractivity contribution >= 4 is 38.9 Å². The number of carbonyl (C=O) groups is 2. The Morgan fingerprint density at radius 2 is 1.91 bits per heavy atom. The Kier molecular flexibility index (Phi) is 7.30. The van der Waals surface area contributed by atoms with Crippen molar-refractivity contribution in [1.29, 1.82) is 0 Å². The van der Waals surface area contributed by atoms with Crippen LogP contribution in [0.1, 0.15) is 18.9 Å². The molecular formula is C14H17NO5S2. The van der Waals surface area contributed by atoms with Gasteiger partial charge in [-0.2, -0.15) is 4.72 Å². The van der Waals surface area contributed by atoms with Gasteiger partial charge in [0.05, 0.1) is 4.90 Å². The standard InChI is InChI=1S/C14H17NO5S2/c1-11(16)21-9-3-2-4-12-5-7-13(8-6-12)22(19,20)15-10-14(17)18/h2,4-8,15H,3,9-10H2,1H3,(H,17,18). The lowest BCUT2D eigenvalue weighted by Crippen LogP contribution is -2.29. The maximum atomic E-state index is 11.8. The van der Waals surface area contributed by atoms with Gasteiger partial charge >= 0.3 is 5.97 Å². The van der Waals surface area contributed by atoms with Gasteiger partial charge in [0.15, 0.2) is 5.12 Å². The van der Waals surface area contributed by atoms with E-state index in [-0.39, 0.29) is 10.0 Å². The molecule has 6 nitrogen and oxygen atoms in total. The van der Waals surface area contributed by atoms with Gasteiger partial charge in [-0.15, -0.1) is 0 Å². The number of hydrogen-bond donors (Lipinski definition) is 2. The highest BCUT2D eigenvalue weighted by molar-refractivity contribution is 8.13. The van der Waals surface area contributed by atoms with Gasteiger partial charge in [-0.25, -0.2) is 8.42 Å². The zero-order valence-electron chi connectivity index (χ0n) is 12.0. The molecule has 1 rings (SSSR count). The summed E-state index contributed by atoms with van der Waals surface area (Å²) >= 11 is 1.25. The van der Waals surface area contributed by atoms with E-state index < -0.39 is 22.5 Å². The molecule has 0 unspecified atom stereocenters. The van der Waals surface area contributed by atoms with E-state index in [9.17, 15) is 18.0 Å². The molecular weight excluding hydrogens is 326 g/mol. The Morgan fingerprint density at radius 1 is 1.27 bits per heavy atom. The maximum absolute atomic E-state index is 11.8. The Labute approximate surface area is 133 Å². The molecule has 8 heteroatoms. The first kappa shape index (κ1) is 18.4. The molecule has 0 atom stereocenters. The van der Waals surface area contributed by atoms with Crippen LogP contribution in [-0.2, 0) is 19.6 Å². The molecule has 0 aliphatic heterocycles. The minimum atomic E-state index is -3.81. The fraction of sp³-hybridized carbons (Fsp3) is 0.286. The molecule has 0 aliphatic rings. The van der Waals surface area contributed by atoms with Gasteiger partial charge in [0.2, 0.25) is 10.0 Å². The molecule has 120 valence electrons. The van der Waals surface area contributed by atoms with Gasteiger partial charge in [-0.3, -0.25) is 9.59 Å². The SMILES string of the molecule is CC(=O)SCCC=Cc1ccc(S(=O)(=O)NCC(=O)O)cc1. The van der Waals surface area contributed by atoms with Crippen molar-refractivity contribution in [3.05, 3.63) is 35.9 Å². The molecule has 0 saturated heterocycles. The van der Waals surface area contributed by atoms with Crippen molar-refractivity contribution in [2.45, 2.75) is 18.2 Å². The van der Waals surface area contributed by atoms with E-state index in [1.165, 1.54) is 30.8 Å². The first-order valence-electron chi connectivity index (χ1n) is 6.42. The summed E-state index contributed by atoms with van der Waals surface area (Å²) < 4.78 is 25.6. The third-order valence-electron chi connectivity index (χ3n) is 2.50. The van der Waals surface area contributed by atoms with E-state index in [4.69, 9.17) is 5.11 Å². The first-order chi connectivity index (χ1) is 10.3. The molecule has 0 spiro atoms. The molecule has 0 aromatic heterocycles. The molecule has 22 heavy (non-hydrogen) atoms. The van der Waals surface area contributed by atoms with Crippen LogP contribution in [0.25, 0.3) is 6.08 Å². The van der Waals surface area contributed by atoms with Crippen molar-refractivity contribution in [3.63, 3.8) is 0 Å². The summed E-state index contributed by atoms with van der Waals surface area (Å²) in [5.74, 6) is -0.538. The number of carboxylic acid groups (broad SMARTS) is 1. The van der Waals surface area contributed by atoms with E-state index in [0.29, 0.717) is 5.75 Å². The summed E-state index contributed by atoms with van der Waals surface area (Å²) in [4.78, 5) is 21.1. The fourth-order valence-corrected chi connectivity index (χ4v) is 3.00. The highest BCUT2D eigenvalue weighted by Gasteiger charge is 2.14. The summed E-state index contributed by atoms with van der Waals surface area (Å²) in [6.07, 6.45) is 4.48.